The molecule has 5 nitrogen and oxygen atoms in total. The van der Waals surface area contributed by atoms with E-state index in [1.54, 1.807) is 14.2 Å². The van der Waals surface area contributed by atoms with E-state index in [1.165, 1.54) is 0 Å². The smallest absolute Gasteiger partial charge is 0.338 e. The number of esters is 1. The van der Waals surface area contributed by atoms with E-state index in [1.807, 2.05) is 42.5 Å². The van der Waals surface area contributed by atoms with Gasteiger partial charge < -0.3 is 18.6 Å². The molecule has 3 aromatic rings. The summed E-state index contributed by atoms with van der Waals surface area (Å²) in [5.41, 5.74) is 4.42. The number of fused-ring (bicyclic) bond motifs is 2. The lowest BCUT2D eigenvalue weighted by Crippen LogP contribution is -2.01. The van der Waals surface area contributed by atoms with Gasteiger partial charge in [-0.3, -0.25) is 0 Å². The molecule has 0 aliphatic carbocycles. The first-order valence-corrected chi connectivity index (χ1v) is 7.59. The Morgan fingerprint density at radius 2 is 1.75 bits per heavy atom. The minimum absolute atomic E-state index is 0.253. The topological polar surface area (TPSA) is 57.9 Å². The van der Waals surface area contributed by atoms with Crippen LogP contribution in [0.15, 0.2) is 46.9 Å². The Balaban J connectivity index is 1.74. The number of hydrogen-bond donors (Lipinski definition) is 0. The third-order valence-corrected chi connectivity index (χ3v) is 4.21. The Hall–Kier alpha value is -2.63. The molecule has 1 aliphatic rings. The second kappa shape index (κ2) is 5.78. The molecule has 4 rings (SSSR count). The molecule has 24 heavy (non-hydrogen) atoms. The predicted octanol–water partition coefficient (Wildman–Crippen LogP) is 4.06. The summed E-state index contributed by atoms with van der Waals surface area (Å²) in [6.07, 6.45) is -0.524. The van der Waals surface area contributed by atoms with E-state index in [0.29, 0.717) is 17.9 Å². The number of methoxy groups -OCH3 is 2. The highest BCUT2D eigenvalue weighted by molar-refractivity contribution is 5.94. The zero-order valence-corrected chi connectivity index (χ0v) is 13.4. The van der Waals surface area contributed by atoms with Crippen LogP contribution in [0.4, 0.5) is 0 Å². The molecule has 122 valence electrons. The Kier molecular flexibility index (Phi) is 3.59. The molecular formula is C19H16O5. The Labute approximate surface area is 138 Å². The van der Waals surface area contributed by atoms with E-state index < -0.39 is 6.29 Å². The molecule has 0 unspecified atom stereocenters. The monoisotopic (exact) mass is 324 g/mol. The van der Waals surface area contributed by atoms with Crippen molar-refractivity contribution in [3.05, 3.63) is 59.4 Å². The van der Waals surface area contributed by atoms with Gasteiger partial charge in [0.05, 0.1) is 5.56 Å². The zero-order valence-electron chi connectivity index (χ0n) is 13.4. The summed E-state index contributed by atoms with van der Waals surface area (Å²) in [7, 11) is 3.14. The Morgan fingerprint density at radius 3 is 2.54 bits per heavy atom. The summed E-state index contributed by atoms with van der Waals surface area (Å²) in [5, 5.41) is 0.967. The average molecular weight is 324 g/mol. The van der Waals surface area contributed by atoms with Crippen molar-refractivity contribution >= 4 is 16.9 Å². The number of ether oxygens (including phenoxy) is 3. The minimum Gasteiger partial charge on any atom is -0.457 e. The Morgan fingerprint density at radius 1 is 1.00 bits per heavy atom. The largest absolute Gasteiger partial charge is 0.457 e. The maximum atomic E-state index is 11.6. The van der Waals surface area contributed by atoms with Gasteiger partial charge in [-0.1, -0.05) is 12.1 Å². The van der Waals surface area contributed by atoms with Crippen molar-refractivity contribution in [3.63, 3.8) is 0 Å². The van der Waals surface area contributed by atoms with E-state index in [-0.39, 0.29) is 5.97 Å². The van der Waals surface area contributed by atoms with Gasteiger partial charge in [-0.15, -0.1) is 0 Å². The second-order valence-electron chi connectivity index (χ2n) is 5.65. The van der Waals surface area contributed by atoms with E-state index in [0.717, 1.165) is 27.7 Å². The molecule has 2 aromatic carbocycles. The van der Waals surface area contributed by atoms with E-state index in [9.17, 15) is 4.79 Å². The molecule has 0 amide bonds. The number of benzene rings is 2. The molecule has 0 fully saturated rings. The minimum atomic E-state index is -0.524. The first kappa shape index (κ1) is 14.9. The molecule has 2 heterocycles. The van der Waals surface area contributed by atoms with Gasteiger partial charge in [0, 0.05) is 25.2 Å². The summed E-state index contributed by atoms with van der Waals surface area (Å²) in [5.74, 6) is 0.372. The van der Waals surface area contributed by atoms with Crippen molar-refractivity contribution in [3.8, 4) is 11.1 Å². The highest BCUT2D eigenvalue weighted by Gasteiger charge is 2.21. The third-order valence-electron chi connectivity index (χ3n) is 4.21. The van der Waals surface area contributed by atoms with E-state index in [4.69, 9.17) is 18.6 Å². The van der Waals surface area contributed by atoms with Gasteiger partial charge in [-0.05, 0) is 41.5 Å². The van der Waals surface area contributed by atoms with Crippen LogP contribution in [0, 0.1) is 0 Å². The van der Waals surface area contributed by atoms with Crippen molar-refractivity contribution in [2.45, 2.75) is 12.9 Å². The van der Waals surface area contributed by atoms with Crippen LogP contribution in [0.2, 0.25) is 0 Å². The number of hydrogen-bond acceptors (Lipinski definition) is 5. The van der Waals surface area contributed by atoms with Crippen LogP contribution in [0.1, 0.15) is 28.0 Å². The second-order valence-corrected chi connectivity index (χ2v) is 5.65. The summed E-state index contributed by atoms with van der Waals surface area (Å²) < 4.78 is 21.3. The fraction of sp³-hybridized carbons (Fsp3) is 0.211. The molecule has 0 spiro atoms. The van der Waals surface area contributed by atoms with Crippen LogP contribution in [-0.2, 0) is 20.8 Å². The molecule has 5 heteroatoms. The highest BCUT2D eigenvalue weighted by atomic mass is 16.7. The highest BCUT2D eigenvalue weighted by Crippen LogP contribution is 2.32. The summed E-state index contributed by atoms with van der Waals surface area (Å²) in [4.78, 5) is 11.6. The summed E-state index contributed by atoms with van der Waals surface area (Å²) in [6.45, 7) is 0.337. The molecule has 1 aromatic heterocycles. The van der Waals surface area contributed by atoms with E-state index >= 15 is 0 Å². The van der Waals surface area contributed by atoms with Gasteiger partial charge in [0.1, 0.15) is 12.2 Å². The average Bonchev–Trinajstić information content (AvgIpc) is 3.19. The Bertz CT molecular complexity index is 921. The van der Waals surface area contributed by atoms with Gasteiger partial charge in [-0.25, -0.2) is 4.79 Å². The quantitative estimate of drug-likeness (QED) is 0.535. The third kappa shape index (κ3) is 2.38. The van der Waals surface area contributed by atoms with Gasteiger partial charge in [0.15, 0.2) is 5.76 Å². The summed E-state index contributed by atoms with van der Waals surface area (Å²) >= 11 is 0. The number of cyclic esters (lactones) is 1. The standard InChI is InChI=1S/C19H16O5/c1-21-19(22-2)17-9-13-7-12(4-6-16(13)24-17)11-3-5-15-14(8-11)10-23-18(15)20/h3-9,19H,10H2,1-2H3. The van der Waals surface area contributed by atoms with E-state index in [2.05, 4.69) is 0 Å². The van der Waals surface area contributed by atoms with Crippen LogP contribution in [0.25, 0.3) is 22.1 Å². The van der Waals surface area contributed by atoms with Crippen molar-refractivity contribution in [1.82, 2.24) is 0 Å². The predicted molar refractivity (Wildman–Crippen MR) is 87.5 cm³/mol. The van der Waals surface area contributed by atoms with Gasteiger partial charge in [0.25, 0.3) is 0 Å². The molecule has 0 N–H and O–H groups in total. The van der Waals surface area contributed by atoms with Crippen molar-refractivity contribution in [2.75, 3.05) is 14.2 Å². The maximum absolute atomic E-state index is 11.6. The molecule has 0 atom stereocenters. The van der Waals surface area contributed by atoms with Crippen LogP contribution >= 0.6 is 0 Å². The van der Waals surface area contributed by atoms with Crippen molar-refractivity contribution in [2.24, 2.45) is 0 Å². The van der Waals surface area contributed by atoms with Gasteiger partial charge in [0.2, 0.25) is 6.29 Å². The molecule has 0 saturated carbocycles. The van der Waals surface area contributed by atoms with Crippen LogP contribution in [0.5, 0.6) is 0 Å². The first-order chi connectivity index (χ1) is 11.7. The molecule has 0 saturated heterocycles. The first-order valence-electron chi connectivity index (χ1n) is 7.59. The molecule has 0 radical (unpaired) electrons. The molecule has 1 aliphatic heterocycles. The van der Waals surface area contributed by atoms with Gasteiger partial charge >= 0.3 is 5.97 Å². The normalized spacial score (nSPS) is 13.5. The number of rotatable bonds is 4. The number of carbonyl (C=O) groups excluding carboxylic acids is 1. The fourth-order valence-electron chi connectivity index (χ4n) is 3.00. The maximum Gasteiger partial charge on any atom is 0.338 e. The number of furan rings is 1. The fourth-order valence-corrected chi connectivity index (χ4v) is 3.00. The lowest BCUT2D eigenvalue weighted by Gasteiger charge is -2.08. The van der Waals surface area contributed by atoms with Gasteiger partial charge in [-0.2, -0.15) is 0 Å². The van der Waals surface area contributed by atoms with Crippen LogP contribution in [0.3, 0.4) is 0 Å². The lowest BCUT2D eigenvalue weighted by atomic mass is 9.99. The van der Waals surface area contributed by atoms with Crippen molar-refractivity contribution < 1.29 is 23.4 Å². The summed E-state index contributed by atoms with van der Waals surface area (Å²) in [6, 6.07) is 13.6. The van der Waals surface area contributed by atoms with Crippen LogP contribution in [-0.4, -0.2) is 20.2 Å². The SMILES string of the molecule is COC(OC)c1cc2cc(-c3ccc4c(c3)COC4=O)ccc2o1. The zero-order chi connectivity index (χ0) is 16.7. The van der Waals surface area contributed by atoms with Crippen molar-refractivity contribution in [1.29, 1.82) is 0 Å². The lowest BCUT2D eigenvalue weighted by molar-refractivity contribution is -0.117. The van der Waals surface area contributed by atoms with Crippen LogP contribution < -0.4 is 0 Å². The molecular weight excluding hydrogens is 308 g/mol. The molecule has 0 bridgehead atoms. The number of carbonyl (C=O) groups is 1.